The standard InChI is InChI=1S/C12H14O16S2/c13-7(14)3-5(29(21,22)23)11(19)27-9(17)1-2-10(18)28-12(20)6(4-8(15)16)30(24,25)26/h5-6H,1-4H2,(H,13,14)(H,15,16)(H,21,22,23)(H,24,25,26). The Morgan fingerprint density at radius 1 is 0.633 bits per heavy atom. The fourth-order valence-electron chi connectivity index (χ4n) is 1.60. The third-order valence-corrected chi connectivity index (χ3v) is 5.08. The van der Waals surface area contributed by atoms with Crippen LogP contribution in [0.1, 0.15) is 25.7 Å². The largest absolute Gasteiger partial charge is 0.481 e. The summed E-state index contributed by atoms with van der Waals surface area (Å²) in [6.45, 7) is 0. The van der Waals surface area contributed by atoms with Crippen molar-refractivity contribution >= 4 is 56.1 Å². The molecule has 0 heterocycles. The fraction of sp³-hybridized carbons (Fsp3) is 0.500. The average Bonchev–Trinajstić information content (AvgIpc) is 2.53. The van der Waals surface area contributed by atoms with E-state index in [2.05, 4.69) is 9.47 Å². The first kappa shape index (κ1) is 27.0. The highest BCUT2D eigenvalue weighted by Crippen LogP contribution is 2.10. The molecule has 0 radical (unpaired) electrons. The predicted molar refractivity (Wildman–Crippen MR) is 86.6 cm³/mol. The van der Waals surface area contributed by atoms with E-state index in [-0.39, 0.29) is 0 Å². The zero-order valence-corrected chi connectivity index (χ0v) is 16.1. The van der Waals surface area contributed by atoms with E-state index >= 15 is 0 Å². The van der Waals surface area contributed by atoms with Crippen molar-refractivity contribution in [1.82, 2.24) is 0 Å². The molecule has 0 aromatic carbocycles. The molecule has 0 rings (SSSR count). The second-order valence-electron chi connectivity index (χ2n) is 5.29. The number of hydrogen-bond donors (Lipinski definition) is 4. The Kier molecular flexibility index (Phi) is 9.66. The third kappa shape index (κ3) is 10.0. The second kappa shape index (κ2) is 10.7. The summed E-state index contributed by atoms with van der Waals surface area (Å²) in [6, 6.07) is 0. The minimum Gasteiger partial charge on any atom is -0.481 e. The smallest absolute Gasteiger partial charge is 0.335 e. The van der Waals surface area contributed by atoms with Crippen LogP contribution in [0.3, 0.4) is 0 Å². The van der Waals surface area contributed by atoms with Gasteiger partial charge in [-0.15, -0.1) is 0 Å². The fourth-order valence-corrected chi connectivity index (χ4v) is 2.89. The lowest BCUT2D eigenvalue weighted by atomic mass is 10.3. The molecule has 2 atom stereocenters. The maximum atomic E-state index is 11.5. The van der Waals surface area contributed by atoms with Crippen molar-refractivity contribution < 1.29 is 74.4 Å². The molecule has 0 saturated carbocycles. The van der Waals surface area contributed by atoms with Crippen LogP contribution in [0.15, 0.2) is 0 Å². The van der Waals surface area contributed by atoms with Gasteiger partial charge in [-0.25, -0.2) is 0 Å². The zero-order chi connectivity index (χ0) is 23.9. The van der Waals surface area contributed by atoms with Crippen LogP contribution in [0.4, 0.5) is 0 Å². The third-order valence-electron chi connectivity index (χ3n) is 2.93. The van der Waals surface area contributed by atoms with Crippen molar-refractivity contribution in [2.45, 2.75) is 36.2 Å². The van der Waals surface area contributed by atoms with Crippen LogP contribution in [-0.4, -0.2) is 82.5 Å². The van der Waals surface area contributed by atoms with Crippen LogP contribution < -0.4 is 0 Å². The van der Waals surface area contributed by atoms with Gasteiger partial charge in [0.15, 0.2) is 10.5 Å². The van der Waals surface area contributed by atoms with Gasteiger partial charge in [-0.3, -0.25) is 37.9 Å². The van der Waals surface area contributed by atoms with Gasteiger partial charge in [0, 0.05) is 0 Å². The molecule has 0 saturated heterocycles. The van der Waals surface area contributed by atoms with Gasteiger partial charge in [-0.1, -0.05) is 0 Å². The number of ether oxygens (including phenoxy) is 2. The topological polar surface area (TPSA) is 270 Å². The van der Waals surface area contributed by atoms with E-state index in [4.69, 9.17) is 19.3 Å². The van der Waals surface area contributed by atoms with Gasteiger partial charge >= 0.3 is 35.8 Å². The minimum absolute atomic E-state index is 1.06. The zero-order valence-electron chi connectivity index (χ0n) is 14.5. The van der Waals surface area contributed by atoms with E-state index in [1.165, 1.54) is 0 Å². The number of rotatable bonds is 11. The summed E-state index contributed by atoms with van der Waals surface area (Å²) in [7, 11) is -10.5. The maximum Gasteiger partial charge on any atom is 0.335 e. The number of carboxylic acid groups (broad SMARTS) is 2. The molecule has 170 valence electrons. The first-order valence-electron chi connectivity index (χ1n) is 7.30. The van der Waals surface area contributed by atoms with E-state index in [9.17, 15) is 45.6 Å². The van der Waals surface area contributed by atoms with Gasteiger partial charge in [-0.05, 0) is 0 Å². The molecule has 16 nitrogen and oxygen atoms in total. The molecule has 0 aromatic rings. The SMILES string of the molecule is O=C(O)CC(C(=O)OC(=O)CCC(=O)OC(=O)C(CC(=O)O)S(=O)(=O)O)S(=O)(=O)O. The number of carbonyl (C=O) groups is 6. The maximum absolute atomic E-state index is 11.5. The lowest BCUT2D eigenvalue weighted by molar-refractivity contribution is -0.165. The molecule has 4 N–H and O–H groups in total. The van der Waals surface area contributed by atoms with Crippen molar-refractivity contribution in [3.8, 4) is 0 Å². The predicted octanol–water partition coefficient (Wildman–Crippen LogP) is -2.63. The van der Waals surface area contributed by atoms with E-state index in [0.717, 1.165) is 0 Å². The van der Waals surface area contributed by atoms with Crippen molar-refractivity contribution in [2.24, 2.45) is 0 Å². The Bertz CT molecular complexity index is 865. The normalized spacial score (nSPS) is 13.5. The van der Waals surface area contributed by atoms with Gasteiger partial charge in [0.05, 0.1) is 25.7 Å². The highest BCUT2D eigenvalue weighted by atomic mass is 32.2. The monoisotopic (exact) mass is 478 g/mol. The molecule has 0 aliphatic heterocycles. The Hall–Kier alpha value is -2.96. The summed E-state index contributed by atoms with van der Waals surface area (Å²) in [5, 5.41) is 11.7. The first-order valence-corrected chi connectivity index (χ1v) is 10.3. The summed E-state index contributed by atoms with van der Waals surface area (Å²) < 4.78 is 69.3. The Morgan fingerprint density at radius 2 is 0.900 bits per heavy atom. The highest BCUT2D eigenvalue weighted by molar-refractivity contribution is 7.87. The van der Waals surface area contributed by atoms with Crippen molar-refractivity contribution in [2.75, 3.05) is 0 Å². The van der Waals surface area contributed by atoms with Gasteiger partial charge in [-0.2, -0.15) is 16.8 Å². The summed E-state index contributed by atoms with van der Waals surface area (Å²) in [5.74, 6) is -10.8. The number of esters is 4. The molecular formula is C12H14O16S2. The van der Waals surface area contributed by atoms with Gasteiger partial charge in [0.25, 0.3) is 20.2 Å². The number of carboxylic acids is 2. The second-order valence-corrected chi connectivity index (χ2v) is 8.49. The van der Waals surface area contributed by atoms with Gasteiger partial charge in [0.2, 0.25) is 0 Å². The van der Waals surface area contributed by atoms with E-state index in [1.807, 2.05) is 0 Å². The van der Waals surface area contributed by atoms with Crippen LogP contribution in [0, 0.1) is 0 Å². The molecule has 0 aliphatic rings. The van der Waals surface area contributed by atoms with E-state index < -0.39 is 92.2 Å². The molecule has 0 aliphatic carbocycles. The molecule has 0 amide bonds. The van der Waals surface area contributed by atoms with Crippen LogP contribution >= 0.6 is 0 Å². The molecule has 30 heavy (non-hydrogen) atoms. The van der Waals surface area contributed by atoms with Crippen LogP contribution in [0.2, 0.25) is 0 Å². The molecule has 0 spiro atoms. The Labute approximate surface area is 167 Å². The van der Waals surface area contributed by atoms with Crippen LogP contribution in [-0.2, 0) is 58.5 Å². The lowest BCUT2D eigenvalue weighted by Crippen LogP contribution is -2.36. The van der Waals surface area contributed by atoms with E-state index in [0.29, 0.717) is 0 Å². The number of aliphatic carboxylic acids is 2. The van der Waals surface area contributed by atoms with Crippen molar-refractivity contribution in [3.63, 3.8) is 0 Å². The highest BCUT2D eigenvalue weighted by Gasteiger charge is 2.37. The quantitative estimate of drug-likeness (QED) is 0.134. The molecule has 0 bridgehead atoms. The van der Waals surface area contributed by atoms with Gasteiger partial charge in [0.1, 0.15) is 0 Å². The summed E-state index contributed by atoms with van der Waals surface area (Å²) in [6.07, 6.45) is -5.00. The lowest BCUT2D eigenvalue weighted by Gasteiger charge is -2.11. The van der Waals surface area contributed by atoms with Crippen molar-refractivity contribution in [1.29, 1.82) is 0 Å². The summed E-state index contributed by atoms with van der Waals surface area (Å²) in [4.78, 5) is 66.8. The molecule has 2 unspecified atom stereocenters. The summed E-state index contributed by atoms with van der Waals surface area (Å²) in [5.41, 5.74) is 0. The average molecular weight is 478 g/mol. The van der Waals surface area contributed by atoms with Crippen molar-refractivity contribution in [3.05, 3.63) is 0 Å². The number of hydrogen-bond acceptors (Lipinski definition) is 12. The molecule has 18 heteroatoms. The summed E-state index contributed by atoms with van der Waals surface area (Å²) >= 11 is 0. The Morgan fingerprint density at radius 3 is 1.10 bits per heavy atom. The minimum atomic E-state index is -5.26. The number of carbonyl (C=O) groups excluding carboxylic acids is 4. The molecule has 0 aromatic heterocycles. The Balaban J connectivity index is 4.89. The van der Waals surface area contributed by atoms with E-state index in [1.54, 1.807) is 0 Å². The van der Waals surface area contributed by atoms with Crippen LogP contribution in [0.25, 0.3) is 0 Å². The molecule has 0 fully saturated rings. The first-order chi connectivity index (χ1) is 13.4. The van der Waals surface area contributed by atoms with Crippen LogP contribution in [0.5, 0.6) is 0 Å². The molecular weight excluding hydrogens is 464 g/mol. The van der Waals surface area contributed by atoms with Gasteiger partial charge < -0.3 is 19.7 Å².